The summed E-state index contributed by atoms with van der Waals surface area (Å²) in [6, 6.07) is 15.2. The molecule has 0 radical (unpaired) electrons. The highest BCUT2D eigenvalue weighted by atomic mass is 16.5. The highest BCUT2D eigenvalue weighted by molar-refractivity contribution is 5.96. The first-order valence-electron chi connectivity index (χ1n) is 11.4. The molecule has 34 heavy (non-hydrogen) atoms. The minimum absolute atomic E-state index is 0.0109. The van der Waals surface area contributed by atoms with Crippen LogP contribution in [0.2, 0.25) is 0 Å². The van der Waals surface area contributed by atoms with Gasteiger partial charge >= 0.3 is 5.69 Å². The molecule has 0 bridgehead atoms. The molecule has 3 heterocycles. The maximum Gasteiger partial charge on any atom is 0.331 e. The van der Waals surface area contributed by atoms with Crippen LogP contribution in [0.5, 0.6) is 5.75 Å². The van der Waals surface area contributed by atoms with Gasteiger partial charge in [0.15, 0.2) is 0 Å². The zero-order chi connectivity index (χ0) is 24.4. The van der Waals surface area contributed by atoms with Gasteiger partial charge < -0.3 is 14.4 Å². The molecular formula is C27H29N3O4. The summed E-state index contributed by atoms with van der Waals surface area (Å²) in [7, 11) is 3.21. The summed E-state index contributed by atoms with van der Waals surface area (Å²) in [6.07, 6.45) is -0.475. The standard InChI is InChI=1S/C27H29N3O4/c1-27(2,3)18-10-6-16(7-11-18)21-20-22(28(4)26(33)29(5)25(20)32)23-24(34-15-14-30(21)23)17-8-12-19(31)13-9-17/h6-13,24,31H,14-15H2,1-5H3/t24-/m0/s1. The second-order valence-corrected chi connectivity index (χ2v) is 9.98. The van der Waals surface area contributed by atoms with E-state index in [2.05, 4.69) is 49.6 Å². The highest BCUT2D eigenvalue weighted by Gasteiger charge is 2.33. The third-order valence-corrected chi connectivity index (χ3v) is 6.77. The molecule has 0 saturated carbocycles. The molecule has 0 fully saturated rings. The summed E-state index contributed by atoms with van der Waals surface area (Å²) < 4.78 is 11.0. The number of aromatic hydroxyl groups is 1. The van der Waals surface area contributed by atoms with Gasteiger partial charge in [-0.1, -0.05) is 57.2 Å². The van der Waals surface area contributed by atoms with Gasteiger partial charge in [-0.3, -0.25) is 13.9 Å². The van der Waals surface area contributed by atoms with Gasteiger partial charge in [-0.05, 0) is 34.2 Å². The van der Waals surface area contributed by atoms with E-state index >= 15 is 0 Å². The Bertz CT molecular complexity index is 1510. The third kappa shape index (κ3) is 3.30. The summed E-state index contributed by atoms with van der Waals surface area (Å²) in [4.78, 5) is 26.4. The van der Waals surface area contributed by atoms with E-state index in [4.69, 9.17) is 4.74 Å². The minimum Gasteiger partial charge on any atom is -0.508 e. The van der Waals surface area contributed by atoms with Crippen molar-refractivity contribution in [3.8, 4) is 17.0 Å². The molecule has 176 valence electrons. The predicted octanol–water partition coefficient (Wildman–Crippen LogP) is 3.83. The Kier molecular flexibility index (Phi) is 5.06. The third-order valence-electron chi connectivity index (χ3n) is 6.77. The Morgan fingerprint density at radius 3 is 2.21 bits per heavy atom. The molecule has 7 heteroatoms. The van der Waals surface area contributed by atoms with Gasteiger partial charge in [0, 0.05) is 20.6 Å². The summed E-state index contributed by atoms with van der Waals surface area (Å²) in [6.45, 7) is 7.53. The normalized spacial score (nSPS) is 16.1. The summed E-state index contributed by atoms with van der Waals surface area (Å²) >= 11 is 0. The second kappa shape index (κ2) is 7.74. The van der Waals surface area contributed by atoms with Crippen LogP contribution >= 0.6 is 0 Å². The molecule has 4 aromatic rings. The van der Waals surface area contributed by atoms with Gasteiger partial charge in [-0.15, -0.1) is 0 Å². The number of phenolic OH excluding ortho intramolecular Hbond substituents is 1. The monoisotopic (exact) mass is 459 g/mol. The van der Waals surface area contributed by atoms with Crippen molar-refractivity contribution in [2.24, 2.45) is 14.1 Å². The highest BCUT2D eigenvalue weighted by Crippen LogP contribution is 2.41. The van der Waals surface area contributed by atoms with Crippen molar-refractivity contribution in [1.29, 1.82) is 0 Å². The van der Waals surface area contributed by atoms with E-state index in [0.717, 1.165) is 27.1 Å². The van der Waals surface area contributed by atoms with Gasteiger partial charge in [0.1, 0.15) is 11.9 Å². The lowest BCUT2D eigenvalue weighted by Gasteiger charge is -2.28. The Hall–Kier alpha value is -3.58. The number of rotatable bonds is 2. The average Bonchev–Trinajstić information content (AvgIpc) is 3.17. The summed E-state index contributed by atoms with van der Waals surface area (Å²) in [5.74, 6) is 0.167. The lowest BCUT2D eigenvalue weighted by molar-refractivity contribution is 0.0478. The molecule has 0 unspecified atom stereocenters. The topological polar surface area (TPSA) is 78.4 Å². The Labute approximate surface area is 197 Å². The van der Waals surface area contributed by atoms with E-state index < -0.39 is 6.10 Å². The maximum absolute atomic E-state index is 13.5. The number of benzene rings is 2. The zero-order valence-corrected chi connectivity index (χ0v) is 20.1. The summed E-state index contributed by atoms with van der Waals surface area (Å²) in [5, 5.41) is 10.3. The lowest BCUT2D eigenvalue weighted by Crippen LogP contribution is -2.37. The number of hydrogen-bond donors (Lipinski definition) is 1. The van der Waals surface area contributed by atoms with Crippen molar-refractivity contribution < 1.29 is 9.84 Å². The number of aryl methyl sites for hydroxylation is 1. The van der Waals surface area contributed by atoms with Crippen molar-refractivity contribution in [2.75, 3.05) is 6.61 Å². The molecule has 1 atom stereocenters. The maximum atomic E-state index is 13.5. The van der Waals surface area contributed by atoms with Crippen LogP contribution < -0.4 is 11.2 Å². The van der Waals surface area contributed by atoms with Gasteiger partial charge in [0.25, 0.3) is 5.56 Å². The van der Waals surface area contributed by atoms with Crippen LogP contribution in [0, 0.1) is 0 Å². The van der Waals surface area contributed by atoms with Gasteiger partial charge in [0.2, 0.25) is 0 Å². The van der Waals surface area contributed by atoms with E-state index in [1.165, 1.54) is 17.2 Å². The van der Waals surface area contributed by atoms with Crippen LogP contribution in [0.15, 0.2) is 58.1 Å². The number of phenols is 1. The molecule has 2 aromatic carbocycles. The van der Waals surface area contributed by atoms with Crippen LogP contribution in [0.3, 0.4) is 0 Å². The van der Waals surface area contributed by atoms with Gasteiger partial charge in [0.05, 0.1) is 28.9 Å². The molecule has 1 aliphatic rings. The van der Waals surface area contributed by atoms with Crippen LogP contribution in [-0.2, 0) is 30.8 Å². The number of fused-ring (bicyclic) bond motifs is 3. The Morgan fingerprint density at radius 2 is 1.59 bits per heavy atom. The molecule has 2 aromatic heterocycles. The first kappa shape index (κ1) is 22.2. The van der Waals surface area contributed by atoms with Crippen molar-refractivity contribution in [2.45, 2.75) is 38.8 Å². The largest absolute Gasteiger partial charge is 0.508 e. The van der Waals surface area contributed by atoms with Gasteiger partial charge in [-0.2, -0.15) is 0 Å². The predicted molar refractivity (Wildman–Crippen MR) is 132 cm³/mol. The first-order chi connectivity index (χ1) is 16.1. The molecular weight excluding hydrogens is 430 g/mol. The van der Waals surface area contributed by atoms with Crippen LogP contribution in [0.25, 0.3) is 22.2 Å². The smallest absolute Gasteiger partial charge is 0.331 e. The Balaban J connectivity index is 1.87. The minimum atomic E-state index is -0.475. The molecule has 5 rings (SSSR count). The average molecular weight is 460 g/mol. The number of nitrogens with zero attached hydrogens (tertiary/aromatic N) is 3. The SMILES string of the molecule is Cn1c(=O)c2c(-c3ccc(C(C)(C)C)cc3)n3c(c2n(C)c1=O)[C@H](c1ccc(O)cc1)OCC3. The summed E-state index contributed by atoms with van der Waals surface area (Å²) in [5.41, 5.74) is 4.45. The number of aromatic nitrogens is 3. The molecule has 0 spiro atoms. The van der Waals surface area contributed by atoms with Crippen molar-refractivity contribution in [3.05, 3.63) is 86.2 Å². The Morgan fingerprint density at radius 1 is 0.941 bits per heavy atom. The first-order valence-corrected chi connectivity index (χ1v) is 11.4. The molecule has 0 saturated heterocycles. The van der Waals surface area contributed by atoms with E-state index in [1.54, 1.807) is 19.2 Å². The van der Waals surface area contributed by atoms with E-state index in [9.17, 15) is 14.7 Å². The van der Waals surface area contributed by atoms with Crippen molar-refractivity contribution in [3.63, 3.8) is 0 Å². The number of hydrogen-bond acceptors (Lipinski definition) is 4. The molecule has 1 aliphatic heterocycles. The number of ether oxygens (including phenoxy) is 1. The quantitative estimate of drug-likeness (QED) is 0.494. The van der Waals surface area contributed by atoms with Gasteiger partial charge in [-0.25, -0.2) is 4.79 Å². The second-order valence-electron chi connectivity index (χ2n) is 9.98. The van der Waals surface area contributed by atoms with Crippen LogP contribution in [-0.4, -0.2) is 25.4 Å². The fraction of sp³-hybridized carbons (Fsp3) is 0.333. The van der Waals surface area contributed by atoms with Crippen molar-refractivity contribution >= 4 is 10.9 Å². The van der Waals surface area contributed by atoms with E-state index in [1.807, 2.05) is 12.1 Å². The molecule has 1 N–H and O–H groups in total. The lowest BCUT2D eigenvalue weighted by atomic mass is 9.86. The van der Waals surface area contributed by atoms with Crippen LogP contribution in [0.4, 0.5) is 0 Å². The zero-order valence-electron chi connectivity index (χ0n) is 20.1. The van der Waals surface area contributed by atoms with E-state index in [0.29, 0.717) is 24.1 Å². The van der Waals surface area contributed by atoms with Crippen LogP contribution in [0.1, 0.15) is 43.7 Å². The van der Waals surface area contributed by atoms with Crippen molar-refractivity contribution in [1.82, 2.24) is 13.7 Å². The fourth-order valence-electron chi connectivity index (χ4n) is 4.91. The fourth-order valence-corrected chi connectivity index (χ4v) is 4.91. The van der Waals surface area contributed by atoms with E-state index in [-0.39, 0.29) is 22.4 Å². The molecule has 7 nitrogen and oxygen atoms in total. The molecule has 0 aliphatic carbocycles. The molecule has 0 amide bonds.